The van der Waals surface area contributed by atoms with Gasteiger partial charge in [-0.05, 0) is 64.9 Å². The molecule has 0 heterocycles. The average molecular weight is 573 g/mol. The second-order valence-electron chi connectivity index (χ2n) is 6.37. The maximum absolute atomic E-state index is 12.5. The first-order chi connectivity index (χ1) is 14.9. The van der Waals surface area contributed by atoms with Crippen molar-refractivity contribution in [1.29, 1.82) is 0 Å². The standard InChI is InChI=1S/C21H23Br2N3O4S/c1-2-3-6-11-29-17-8-5-4-7-15(17)20(28)24-21(31)26-25-19(27)13-30-18-10-9-14(22)12-16(18)23/h4-5,7-10,12H,2-3,6,11,13H2,1H3,(H,25,27)(H2,24,26,28,31). The molecule has 0 radical (unpaired) electrons. The highest BCUT2D eigenvalue weighted by molar-refractivity contribution is 9.11. The zero-order valence-electron chi connectivity index (χ0n) is 16.9. The third-order valence-corrected chi connectivity index (χ3v) is 5.25. The van der Waals surface area contributed by atoms with Gasteiger partial charge in [0.25, 0.3) is 11.8 Å². The lowest BCUT2D eigenvalue weighted by molar-refractivity contribution is -0.123. The minimum absolute atomic E-state index is 0.0519. The number of para-hydroxylation sites is 1. The van der Waals surface area contributed by atoms with Crippen molar-refractivity contribution in [3.05, 3.63) is 57.0 Å². The van der Waals surface area contributed by atoms with Gasteiger partial charge in [0.15, 0.2) is 11.7 Å². The molecule has 2 amide bonds. The Labute approximate surface area is 203 Å². The summed E-state index contributed by atoms with van der Waals surface area (Å²) in [7, 11) is 0. The van der Waals surface area contributed by atoms with Crippen molar-refractivity contribution in [2.45, 2.75) is 26.2 Å². The van der Waals surface area contributed by atoms with Crippen LogP contribution in [-0.2, 0) is 4.79 Å². The number of benzene rings is 2. The Morgan fingerprint density at radius 3 is 2.52 bits per heavy atom. The van der Waals surface area contributed by atoms with E-state index >= 15 is 0 Å². The Bertz CT molecular complexity index is 927. The number of carbonyl (C=O) groups is 2. The van der Waals surface area contributed by atoms with Gasteiger partial charge in [0.05, 0.1) is 16.6 Å². The molecule has 0 atom stereocenters. The summed E-state index contributed by atoms with van der Waals surface area (Å²) >= 11 is 11.8. The van der Waals surface area contributed by atoms with Crippen molar-refractivity contribution in [2.75, 3.05) is 13.2 Å². The summed E-state index contributed by atoms with van der Waals surface area (Å²) in [5, 5.41) is 2.46. The van der Waals surface area contributed by atoms with Crippen molar-refractivity contribution in [2.24, 2.45) is 0 Å². The Morgan fingerprint density at radius 1 is 1.00 bits per heavy atom. The number of hydrazine groups is 1. The smallest absolute Gasteiger partial charge is 0.276 e. The molecule has 0 aliphatic carbocycles. The molecule has 7 nitrogen and oxygen atoms in total. The summed E-state index contributed by atoms with van der Waals surface area (Å²) in [5.41, 5.74) is 5.22. The summed E-state index contributed by atoms with van der Waals surface area (Å²) in [5.74, 6) is 0.0974. The number of nitrogens with one attached hydrogen (secondary N) is 3. The van der Waals surface area contributed by atoms with Crippen LogP contribution in [0.3, 0.4) is 0 Å². The first-order valence-corrected chi connectivity index (χ1v) is 11.6. The molecular formula is C21H23Br2N3O4S. The van der Waals surface area contributed by atoms with E-state index in [1.54, 1.807) is 36.4 Å². The highest BCUT2D eigenvalue weighted by Gasteiger charge is 2.14. The largest absolute Gasteiger partial charge is 0.493 e. The maximum atomic E-state index is 12.5. The van der Waals surface area contributed by atoms with Crippen LogP contribution < -0.4 is 25.6 Å². The molecule has 2 aromatic rings. The van der Waals surface area contributed by atoms with Gasteiger partial charge in [0.1, 0.15) is 11.5 Å². The fraction of sp³-hybridized carbons (Fsp3) is 0.286. The Morgan fingerprint density at radius 2 is 1.77 bits per heavy atom. The molecule has 0 fully saturated rings. The fourth-order valence-electron chi connectivity index (χ4n) is 2.41. The number of hydrogen-bond acceptors (Lipinski definition) is 5. The zero-order chi connectivity index (χ0) is 22.6. The Balaban J connectivity index is 1.79. The summed E-state index contributed by atoms with van der Waals surface area (Å²) in [4.78, 5) is 24.5. The van der Waals surface area contributed by atoms with E-state index in [4.69, 9.17) is 21.7 Å². The molecule has 0 aromatic heterocycles. The number of ether oxygens (including phenoxy) is 2. The molecule has 31 heavy (non-hydrogen) atoms. The van der Waals surface area contributed by atoms with Crippen LogP contribution in [0.25, 0.3) is 0 Å². The first-order valence-electron chi connectivity index (χ1n) is 9.60. The van der Waals surface area contributed by atoms with E-state index < -0.39 is 11.8 Å². The van der Waals surface area contributed by atoms with E-state index in [1.807, 2.05) is 6.07 Å². The lowest BCUT2D eigenvalue weighted by Gasteiger charge is -2.14. The average Bonchev–Trinajstić information content (AvgIpc) is 2.75. The molecule has 0 unspecified atom stereocenters. The fourth-order valence-corrected chi connectivity index (χ4v) is 3.72. The normalized spacial score (nSPS) is 10.2. The van der Waals surface area contributed by atoms with Gasteiger partial charge in [0, 0.05) is 4.47 Å². The number of carbonyl (C=O) groups excluding carboxylic acids is 2. The molecule has 0 bridgehead atoms. The van der Waals surface area contributed by atoms with Crippen LogP contribution in [0.1, 0.15) is 36.5 Å². The van der Waals surface area contributed by atoms with Crippen LogP contribution in [0.2, 0.25) is 0 Å². The monoisotopic (exact) mass is 571 g/mol. The SMILES string of the molecule is CCCCCOc1ccccc1C(=O)NC(=S)NNC(=O)COc1ccc(Br)cc1Br. The lowest BCUT2D eigenvalue weighted by atomic mass is 10.2. The predicted octanol–water partition coefficient (Wildman–Crippen LogP) is 4.50. The molecule has 0 saturated heterocycles. The molecule has 0 spiro atoms. The van der Waals surface area contributed by atoms with E-state index in [-0.39, 0.29) is 11.7 Å². The maximum Gasteiger partial charge on any atom is 0.276 e. The van der Waals surface area contributed by atoms with Crippen LogP contribution in [0.4, 0.5) is 0 Å². The number of hydrogen-bond donors (Lipinski definition) is 3. The Kier molecular flexibility index (Phi) is 10.8. The number of thiocarbonyl (C=S) groups is 1. The number of rotatable bonds is 9. The van der Waals surface area contributed by atoms with Gasteiger partial charge >= 0.3 is 0 Å². The van der Waals surface area contributed by atoms with E-state index in [9.17, 15) is 9.59 Å². The minimum atomic E-state index is -0.467. The molecule has 0 saturated carbocycles. The van der Waals surface area contributed by atoms with Crippen LogP contribution in [0, 0.1) is 0 Å². The van der Waals surface area contributed by atoms with Crippen LogP contribution in [-0.4, -0.2) is 30.1 Å². The number of unbranched alkanes of at least 4 members (excludes halogenated alkanes) is 2. The van der Waals surface area contributed by atoms with E-state index in [2.05, 4.69) is 55.0 Å². The second kappa shape index (κ2) is 13.3. The van der Waals surface area contributed by atoms with Crippen LogP contribution in [0.15, 0.2) is 51.4 Å². The quantitative estimate of drug-likeness (QED) is 0.233. The van der Waals surface area contributed by atoms with Crippen molar-refractivity contribution >= 4 is 61.0 Å². The molecule has 0 aliphatic heterocycles. The van der Waals surface area contributed by atoms with Crippen molar-refractivity contribution < 1.29 is 19.1 Å². The van der Waals surface area contributed by atoms with Gasteiger partial charge in [-0.1, -0.05) is 47.8 Å². The van der Waals surface area contributed by atoms with Crippen LogP contribution in [0.5, 0.6) is 11.5 Å². The van der Waals surface area contributed by atoms with Gasteiger partial charge < -0.3 is 9.47 Å². The summed E-state index contributed by atoms with van der Waals surface area (Å²) in [6, 6.07) is 12.2. The van der Waals surface area contributed by atoms with Gasteiger partial charge in [-0.2, -0.15) is 0 Å². The van der Waals surface area contributed by atoms with Crippen molar-refractivity contribution in [3.8, 4) is 11.5 Å². The third-order valence-electron chi connectivity index (χ3n) is 3.93. The molecule has 2 rings (SSSR count). The van der Waals surface area contributed by atoms with E-state index in [0.717, 1.165) is 23.7 Å². The van der Waals surface area contributed by atoms with Crippen LogP contribution >= 0.6 is 44.1 Å². The summed E-state index contributed by atoms with van der Waals surface area (Å²) < 4.78 is 12.7. The number of amides is 2. The summed E-state index contributed by atoms with van der Waals surface area (Å²) in [6.45, 7) is 2.41. The van der Waals surface area contributed by atoms with E-state index in [1.165, 1.54) is 0 Å². The van der Waals surface area contributed by atoms with Gasteiger partial charge in [-0.3, -0.25) is 25.8 Å². The molecule has 3 N–H and O–H groups in total. The highest BCUT2D eigenvalue weighted by atomic mass is 79.9. The van der Waals surface area contributed by atoms with Gasteiger partial charge in [-0.25, -0.2) is 0 Å². The second-order valence-corrected chi connectivity index (χ2v) is 8.55. The number of halogens is 2. The van der Waals surface area contributed by atoms with E-state index in [0.29, 0.717) is 28.1 Å². The molecule has 0 aliphatic rings. The minimum Gasteiger partial charge on any atom is -0.493 e. The Hall–Kier alpha value is -2.17. The van der Waals surface area contributed by atoms with Gasteiger partial charge in [0.2, 0.25) is 0 Å². The first kappa shape index (κ1) is 25.1. The van der Waals surface area contributed by atoms with Crippen molar-refractivity contribution in [3.63, 3.8) is 0 Å². The topological polar surface area (TPSA) is 88.7 Å². The third kappa shape index (κ3) is 8.84. The highest BCUT2D eigenvalue weighted by Crippen LogP contribution is 2.28. The summed E-state index contributed by atoms with van der Waals surface area (Å²) in [6.07, 6.45) is 3.06. The molecule has 10 heteroatoms. The predicted molar refractivity (Wildman–Crippen MR) is 130 cm³/mol. The molecule has 2 aromatic carbocycles. The molecular weight excluding hydrogens is 550 g/mol. The lowest BCUT2D eigenvalue weighted by Crippen LogP contribution is -2.49. The molecule has 166 valence electrons. The van der Waals surface area contributed by atoms with Gasteiger partial charge in [-0.15, -0.1) is 0 Å². The zero-order valence-corrected chi connectivity index (χ0v) is 20.9. The van der Waals surface area contributed by atoms with Crippen molar-refractivity contribution in [1.82, 2.24) is 16.2 Å².